The number of nitrogens with zero attached hydrogens (tertiary/aromatic N) is 1. The Balaban J connectivity index is 4.62. The summed E-state index contributed by atoms with van der Waals surface area (Å²) in [4.78, 5) is 13.5. The number of carbonyl (C=O) groups excluding carboxylic acids is 1. The van der Waals surface area contributed by atoms with E-state index in [0.29, 0.717) is 0 Å². The monoisotopic (exact) mass is 240 g/mol. The summed E-state index contributed by atoms with van der Waals surface area (Å²) in [6.07, 6.45) is 5.84. The molecule has 0 fully saturated rings. The normalized spacial score (nSPS) is 12.2. The molecule has 3 heteroatoms. The first-order chi connectivity index (χ1) is 8.08. The molecular formula is C14H28N2O. The van der Waals surface area contributed by atoms with Crippen molar-refractivity contribution in [2.45, 2.75) is 59.8 Å². The molecule has 0 aromatic heterocycles. The first kappa shape index (κ1) is 16.0. The van der Waals surface area contributed by atoms with Gasteiger partial charge in [-0.25, -0.2) is 0 Å². The fourth-order valence-corrected chi connectivity index (χ4v) is 2.05. The average molecular weight is 240 g/mol. The third-order valence-corrected chi connectivity index (χ3v) is 3.21. The van der Waals surface area contributed by atoms with E-state index >= 15 is 0 Å². The van der Waals surface area contributed by atoms with Crippen molar-refractivity contribution in [1.29, 1.82) is 0 Å². The summed E-state index contributed by atoms with van der Waals surface area (Å²) >= 11 is 0. The summed E-state index contributed by atoms with van der Waals surface area (Å²) in [5.41, 5.74) is 7.26. The molecule has 0 aliphatic rings. The maximum atomic E-state index is 11.3. The zero-order chi connectivity index (χ0) is 13.3. The zero-order valence-electron chi connectivity index (χ0n) is 11.9. The lowest BCUT2D eigenvalue weighted by Gasteiger charge is -2.26. The number of hydrogen-bond donors (Lipinski definition) is 1. The number of allylic oxidation sites excluding steroid dienone is 1. The number of nitrogens with two attached hydrogens (primary N) is 1. The Hall–Kier alpha value is -0.990. The highest BCUT2D eigenvalue weighted by molar-refractivity contribution is 5.91. The van der Waals surface area contributed by atoms with Crippen LogP contribution < -0.4 is 5.73 Å². The standard InChI is InChI=1S/C14H28N2O/c1-5-8-9-10-11-13(12(4)14(15)17)16(6-2)7-3/h5-11H2,1-4H3,(H2,15,17). The highest BCUT2D eigenvalue weighted by Crippen LogP contribution is 2.18. The van der Waals surface area contributed by atoms with Crippen LogP contribution >= 0.6 is 0 Å². The van der Waals surface area contributed by atoms with Gasteiger partial charge in [-0.15, -0.1) is 0 Å². The van der Waals surface area contributed by atoms with Crippen molar-refractivity contribution in [2.24, 2.45) is 5.73 Å². The van der Waals surface area contributed by atoms with E-state index in [1.807, 2.05) is 6.92 Å². The smallest absolute Gasteiger partial charge is 0.246 e. The molecule has 0 spiro atoms. The molecule has 2 N–H and O–H groups in total. The molecule has 0 saturated heterocycles. The number of primary amides is 1. The van der Waals surface area contributed by atoms with Crippen molar-refractivity contribution in [2.75, 3.05) is 13.1 Å². The van der Waals surface area contributed by atoms with Crippen molar-refractivity contribution in [1.82, 2.24) is 4.90 Å². The molecule has 0 aromatic carbocycles. The van der Waals surface area contributed by atoms with Crippen LogP contribution in [0.5, 0.6) is 0 Å². The second kappa shape index (κ2) is 9.08. The topological polar surface area (TPSA) is 46.3 Å². The summed E-state index contributed by atoms with van der Waals surface area (Å²) in [6.45, 7) is 10.1. The Kier molecular flexibility index (Phi) is 8.55. The third kappa shape index (κ3) is 5.76. The van der Waals surface area contributed by atoms with Crippen molar-refractivity contribution in [3.05, 3.63) is 11.3 Å². The predicted molar refractivity (Wildman–Crippen MR) is 73.6 cm³/mol. The van der Waals surface area contributed by atoms with Gasteiger partial charge < -0.3 is 10.6 Å². The van der Waals surface area contributed by atoms with Crippen molar-refractivity contribution in [3.63, 3.8) is 0 Å². The Morgan fingerprint density at radius 2 is 1.65 bits per heavy atom. The van der Waals surface area contributed by atoms with Gasteiger partial charge in [0.05, 0.1) is 0 Å². The molecule has 0 unspecified atom stereocenters. The van der Waals surface area contributed by atoms with Gasteiger partial charge in [-0.1, -0.05) is 26.2 Å². The van der Waals surface area contributed by atoms with Crippen LogP contribution in [0, 0.1) is 0 Å². The summed E-state index contributed by atoms with van der Waals surface area (Å²) in [6, 6.07) is 0. The molecule has 17 heavy (non-hydrogen) atoms. The van der Waals surface area contributed by atoms with Gasteiger partial charge in [-0.05, 0) is 33.6 Å². The van der Waals surface area contributed by atoms with E-state index in [4.69, 9.17) is 5.73 Å². The number of amides is 1. The molecule has 0 aromatic rings. The molecule has 3 nitrogen and oxygen atoms in total. The molecule has 0 saturated carbocycles. The van der Waals surface area contributed by atoms with Crippen molar-refractivity contribution >= 4 is 5.91 Å². The van der Waals surface area contributed by atoms with Gasteiger partial charge in [0.25, 0.3) is 0 Å². The van der Waals surface area contributed by atoms with Crippen LogP contribution in [0.3, 0.4) is 0 Å². The molecule has 0 rings (SSSR count). The van der Waals surface area contributed by atoms with Crippen LogP contribution in [0.1, 0.15) is 59.8 Å². The molecule has 0 aliphatic heterocycles. The number of hydrogen-bond acceptors (Lipinski definition) is 2. The predicted octanol–water partition coefficient (Wildman–Crippen LogP) is 3.06. The molecule has 0 heterocycles. The minimum atomic E-state index is -0.289. The van der Waals surface area contributed by atoms with E-state index in [1.54, 1.807) is 0 Å². The number of unbranched alkanes of at least 4 members (excludes halogenated alkanes) is 3. The van der Waals surface area contributed by atoms with E-state index in [9.17, 15) is 4.79 Å². The van der Waals surface area contributed by atoms with Gasteiger partial charge in [0.15, 0.2) is 0 Å². The molecule has 1 amide bonds. The van der Waals surface area contributed by atoms with Crippen LogP contribution in [0.15, 0.2) is 11.3 Å². The Bertz CT molecular complexity index is 255. The molecular weight excluding hydrogens is 212 g/mol. The van der Waals surface area contributed by atoms with Gasteiger partial charge in [-0.2, -0.15) is 0 Å². The van der Waals surface area contributed by atoms with Gasteiger partial charge in [0.1, 0.15) is 0 Å². The quantitative estimate of drug-likeness (QED) is 0.497. The van der Waals surface area contributed by atoms with Crippen molar-refractivity contribution in [3.8, 4) is 0 Å². The summed E-state index contributed by atoms with van der Waals surface area (Å²) in [5, 5.41) is 0. The lowest BCUT2D eigenvalue weighted by molar-refractivity contribution is -0.114. The maximum absolute atomic E-state index is 11.3. The van der Waals surface area contributed by atoms with Crippen LogP contribution in [-0.4, -0.2) is 23.9 Å². The first-order valence-electron chi connectivity index (χ1n) is 6.82. The van der Waals surface area contributed by atoms with Gasteiger partial charge in [0, 0.05) is 24.4 Å². The van der Waals surface area contributed by atoms with Gasteiger partial charge in [-0.3, -0.25) is 4.79 Å². The Morgan fingerprint density at radius 3 is 2.06 bits per heavy atom. The van der Waals surface area contributed by atoms with Crippen molar-refractivity contribution < 1.29 is 4.79 Å². The summed E-state index contributed by atoms with van der Waals surface area (Å²) in [7, 11) is 0. The van der Waals surface area contributed by atoms with E-state index in [2.05, 4.69) is 25.7 Å². The summed E-state index contributed by atoms with van der Waals surface area (Å²) < 4.78 is 0. The SMILES string of the molecule is CCCCCCC(=C(C)C(N)=O)N(CC)CC. The minimum Gasteiger partial charge on any atom is -0.375 e. The van der Waals surface area contributed by atoms with E-state index in [1.165, 1.54) is 19.3 Å². The second-order valence-corrected chi connectivity index (χ2v) is 4.42. The Morgan fingerprint density at radius 1 is 1.06 bits per heavy atom. The molecule has 0 radical (unpaired) electrons. The number of rotatable bonds is 9. The lowest BCUT2D eigenvalue weighted by Crippen LogP contribution is -2.26. The van der Waals surface area contributed by atoms with Crippen LogP contribution in [0.4, 0.5) is 0 Å². The molecule has 0 bridgehead atoms. The highest BCUT2D eigenvalue weighted by atomic mass is 16.1. The fraction of sp³-hybridized carbons (Fsp3) is 0.786. The fourth-order valence-electron chi connectivity index (χ4n) is 2.05. The molecule has 0 aliphatic carbocycles. The zero-order valence-corrected chi connectivity index (χ0v) is 11.9. The van der Waals surface area contributed by atoms with Gasteiger partial charge >= 0.3 is 0 Å². The van der Waals surface area contributed by atoms with Gasteiger partial charge in [0.2, 0.25) is 5.91 Å². The van der Waals surface area contributed by atoms with Crippen LogP contribution in [-0.2, 0) is 4.79 Å². The lowest BCUT2D eigenvalue weighted by atomic mass is 10.1. The molecule has 100 valence electrons. The van der Waals surface area contributed by atoms with Crippen LogP contribution in [0.2, 0.25) is 0 Å². The maximum Gasteiger partial charge on any atom is 0.246 e. The minimum absolute atomic E-state index is 0.289. The van der Waals surface area contributed by atoms with Crippen LogP contribution in [0.25, 0.3) is 0 Å². The third-order valence-electron chi connectivity index (χ3n) is 3.21. The average Bonchev–Trinajstić information content (AvgIpc) is 2.32. The largest absolute Gasteiger partial charge is 0.375 e. The Labute approximate surface area is 106 Å². The molecule has 0 atom stereocenters. The van der Waals surface area contributed by atoms with E-state index < -0.39 is 0 Å². The second-order valence-electron chi connectivity index (χ2n) is 4.42. The number of carbonyl (C=O) groups is 1. The summed E-state index contributed by atoms with van der Waals surface area (Å²) in [5.74, 6) is -0.289. The first-order valence-corrected chi connectivity index (χ1v) is 6.82. The van der Waals surface area contributed by atoms with E-state index in [-0.39, 0.29) is 5.91 Å². The van der Waals surface area contributed by atoms with E-state index in [0.717, 1.165) is 37.2 Å². The highest BCUT2D eigenvalue weighted by Gasteiger charge is 2.12.